The van der Waals surface area contributed by atoms with E-state index >= 15 is 0 Å². The van der Waals surface area contributed by atoms with E-state index in [0.717, 1.165) is 10.3 Å². The van der Waals surface area contributed by atoms with Crippen molar-refractivity contribution in [1.82, 2.24) is 5.32 Å². The van der Waals surface area contributed by atoms with E-state index in [-0.39, 0.29) is 0 Å². The number of hydrogen-bond donors (Lipinski definition) is 1. The average molecular weight is 379 g/mol. The van der Waals surface area contributed by atoms with Gasteiger partial charge in [-0.3, -0.25) is 0 Å². The highest BCUT2D eigenvalue weighted by molar-refractivity contribution is 7.11. The minimum Gasteiger partial charge on any atom is -0.444 e. The zero-order valence-corrected chi connectivity index (χ0v) is 17.9. The standard InChI is InChI=1S/C19H30BNO4S/c1-13-9-10-26-15(13)11-14(12-21-16(22)23-17(2,3)4)20-24-18(5,6)19(7,8)25-20/h9-11H,12H2,1-8H3,(H,21,22). The lowest BCUT2D eigenvalue weighted by molar-refractivity contribution is 0.00578. The third-order valence-corrected chi connectivity index (χ3v) is 5.58. The molecule has 1 aliphatic heterocycles. The summed E-state index contributed by atoms with van der Waals surface area (Å²) < 4.78 is 17.7. The van der Waals surface area contributed by atoms with Crippen molar-refractivity contribution in [3.8, 4) is 0 Å². The largest absolute Gasteiger partial charge is 0.492 e. The molecule has 0 unspecified atom stereocenters. The molecule has 0 spiro atoms. The van der Waals surface area contributed by atoms with Gasteiger partial charge in [-0.25, -0.2) is 4.79 Å². The first-order valence-corrected chi connectivity index (χ1v) is 9.76. The predicted molar refractivity (Wildman–Crippen MR) is 107 cm³/mol. The quantitative estimate of drug-likeness (QED) is 0.777. The highest BCUT2D eigenvalue weighted by Crippen LogP contribution is 2.39. The second-order valence-corrected chi connectivity index (χ2v) is 9.58. The van der Waals surface area contributed by atoms with E-state index < -0.39 is 30.0 Å². The van der Waals surface area contributed by atoms with E-state index in [2.05, 4.69) is 18.3 Å². The Morgan fingerprint density at radius 2 is 1.85 bits per heavy atom. The Hall–Kier alpha value is -1.31. The molecule has 1 fully saturated rings. The molecular weight excluding hydrogens is 349 g/mol. The predicted octanol–water partition coefficient (Wildman–Crippen LogP) is 4.60. The lowest BCUT2D eigenvalue weighted by Crippen LogP contribution is -2.41. The molecule has 0 atom stereocenters. The third-order valence-electron chi connectivity index (χ3n) is 4.61. The number of thiophene rings is 1. The fourth-order valence-corrected chi connectivity index (χ4v) is 3.28. The van der Waals surface area contributed by atoms with Gasteiger partial charge in [-0.05, 0) is 83.9 Å². The number of ether oxygens (including phenoxy) is 1. The molecule has 5 nitrogen and oxygen atoms in total. The van der Waals surface area contributed by atoms with Crippen LogP contribution >= 0.6 is 11.3 Å². The number of nitrogens with one attached hydrogen (secondary N) is 1. The van der Waals surface area contributed by atoms with Gasteiger partial charge in [0.05, 0.1) is 11.2 Å². The summed E-state index contributed by atoms with van der Waals surface area (Å²) in [6, 6.07) is 2.07. The molecule has 1 aromatic rings. The number of rotatable bonds is 4. The van der Waals surface area contributed by atoms with Crippen LogP contribution in [0.3, 0.4) is 0 Å². The van der Waals surface area contributed by atoms with Gasteiger partial charge in [0.1, 0.15) is 5.60 Å². The topological polar surface area (TPSA) is 56.8 Å². The number of alkyl carbamates (subject to hydrolysis) is 1. The first-order chi connectivity index (χ1) is 11.8. The van der Waals surface area contributed by atoms with Crippen molar-refractivity contribution in [1.29, 1.82) is 0 Å². The molecule has 1 aliphatic rings. The summed E-state index contributed by atoms with van der Waals surface area (Å²) in [5.74, 6) is 0. The zero-order valence-electron chi connectivity index (χ0n) is 17.1. The van der Waals surface area contributed by atoms with Crippen LogP contribution in [0.15, 0.2) is 16.9 Å². The van der Waals surface area contributed by atoms with Gasteiger partial charge in [0.2, 0.25) is 0 Å². The summed E-state index contributed by atoms with van der Waals surface area (Å²) in [5, 5.41) is 4.86. The summed E-state index contributed by atoms with van der Waals surface area (Å²) in [7, 11) is -0.517. The number of aryl methyl sites for hydroxylation is 1. The van der Waals surface area contributed by atoms with Gasteiger partial charge in [-0.15, -0.1) is 11.3 Å². The van der Waals surface area contributed by atoms with Crippen LogP contribution < -0.4 is 5.32 Å². The SMILES string of the molecule is Cc1ccsc1C=C(CNC(=O)OC(C)(C)C)B1OC(C)(C)C(C)(C)O1. The maximum atomic E-state index is 12.1. The van der Waals surface area contributed by atoms with Gasteiger partial charge in [0.25, 0.3) is 0 Å². The maximum absolute atomic E-state index is 12.1. The van der Waals surface area contributed by atoms with Gasteiger partial charge < -0.3 is 19.4 Å². The van der Waals surface area contributed by atoms with Crippen LogP contribution in [0.2, 0.25) is 0 Å². The van der Waals surface area contributed by atoms with Crippen molar-refractivity contribution in [3.05, 3.63) is 27.4 Å². The van der Waals surface area contributed by atoms with Crippen LogP contribution in [-0.4, -0.2) is 36.6 Å². The molecule has 0 radical (unpaired) electrons. The van der Waals surface area contributed by atoms with Crippen LogP contribution in [0.5, 0.6) is 0 Å². The first kappa shape index (κ1) is 21.0. The summed E-state index contributed by atoms with van der Waals surface area (Å²) in [4.78, 5) is 13.2. The summed E-state index contributed by atoms with van der Waals surface area (Å²) in [5.41, 5.74) is 0.629. The van der Waals surface area contributed by atoms with Crippen molar-refractivity contribution in [3.63, 3.8) is 0 Å². The Balaban J connectivity index is 2.20. The lowest BCUT2D eigenvalue weighted by atomic mass is 9.77. The summed E-state index contributed by atoms with van der Waals surface area (Å²) in [6.07, 6.45) is 1.59. The molecule has 7 heteroatoms. The molecule has 0 bridgehead atoms. The molecule has 1 N–H and O–H groups in total. The van der Waals surface area contributed by atoms with E-state index in [1.54, 1.807) is 11.3 Å². The molecule has 2 heterocycles. The van der Waals surface area contributed by atoms with Crippen molar-refractivity contribution in [2.75, 3.05) is 6.54 Å². The van der Waals surface area contributed by atoms with E-state index in [9.17, 15) is 4.79 Å². The molecule has 1 amide bonds. The molecule has 1 saturated heterocycles. The van der Waals surface area contributed by atoms with Crippen molar-refractivity contribution < 1.29 is 18.8 Å². The van der Waals surface area contributed by atoms with Crippen LogP contribution in [0, 0.1) is 6.92 Å². The minimum absolute atomic E-state index is 0.295. The minimum atomic E-state index is -0.539. The highest BCUT2D eigenvalue weighted by atomic mass is 32.1. The third kappa shape index (κ3) is 5.12. The lowest BCUT2D eigenvalue weighted by Gasteiger charge is -2.32. The van der Waals surface area contributed by atoms with E-state index in [1.165, 1.54) is 5.56 Å². The molecule has 0 aromatic carbocycles. The highest BCUT2D eigenvalue weighted by Gasteiger charge is 2.52. The molecule has 2 rings (SSSR count). The molecule has 0 aliphatic carbocycles. The number of carbonyl (C=O) groups is 1. The van der Waals surface area contributed by atoms with Crippen molar-refractivity contribution in [2.45, 2.75) is 72.2 Å². The van der Waals surface area contributed by atoms with Crippen LogP contribution in [0.1, 0.15) is 58.9 Å². The fourth-order valence-electron chi connectivity index (χ4n) is 2.39. The first-order valence-electron chi connectivity index (χ1n) is 8.88. The monoisotopic (exact) mass is 379 g/mol. The Kier molecular flexibility index (Phi) is 5.95. The molecule has 1 aromatic heterocycles. The van der Waals surface area contributed by atoms with Gasteiger partial charge in [0, 0.05) is 11.4 Å². The normalized spacial score (nSPS) is 19.5. The second kappa shape index (κ2) is 7.37. The number of hydrogen-bond acceptors (Lipinski definition) is 5. The van der Waals surface area contributed by atoms with E-state index in [0.29, 0.717) is 6.54 Å². The van der Waals surface area contributed by atoms with E-state index in [1.807, 2.05) is 59.9 Å². The maximum Gasteiger partial charge on any atom is 0.492 e. The zero-order chi connectivity index (χ0) is 19.8. The summed E-state index contributed by atoms with van der Waals surface area (Å²) >= 11 is 1.65. The Morgan fingerprint density at radius 1 is 1.27 bits per heavy atom. The van der Waals surface area contributed by atoms with Crippen LogP contribution in [0.4, 0.5) is 4.79 Å². The van der Waals surface area contributed by atoms with Gasteiger partial charge in [-0.2, -0.15) is 0 Å². The van der Waals surface area contributed by atoms with Crippen molar-refractivity contribution in [2.24, 2.45) is 0 Å². The molecular formula is C19H30BNO4S. The Labute approximate surface area is 161 Å². The van der Waals surface area contributed by atoms with Crippen LogP contribution in [-0.2, 0) is 14.0 Å². The van der Waals surface area contributed by atoms with Gasteiger partial charge >= 0.3 is 13.2 Å². The molecule has 26 heavy (non-hydrogen) atoms. The summed E-state index contributed by atoms with van der Waals surface area (Å²) in [6.45, 7) is 15.9. The number of amides is 1. The molecule has 0 saturated carbocycles. The Morgan fingerprint density at radius 3 is 2.31 bits per heavy atom. The fraction of sp³-hybridized carbons (Fsp3) is 0.632. The molecule has 144 valence electrons. The number of carbonyl (C=O) groups excluding carboxylic acids is 1. The van der Waals surface area contributed by atoms with Gasteiger partial charge in [0.15, 0.2) is 0 Å². The second-order valence-electron chi connectivity index (χ2n) is 8.63. The van der Waals surface area contributed by atoms with Gasteiger partial charge in [-0.1, -0.05) is 0 Å². The van der Waals surface area contributed by atoms with Crippen molar-refractivity contribution >= 4 is 30.6 Å². The Bertz CT molecular complexity index is 672. The smallest absolute Gasteiger partial charge is 0.444 e. The van der Waals surface area contributed by atoms with E-state index in [4.69, 9.17) is 14.0 Å². The average Bonchev–Trinajstić information content (AvgIpc) is 2.93. The van der Waals surface area contributed by atoms with Crippen LogP contribution in [0.25, 0.3) is 6.08 Å².